The van der Waals surface area contributed by atoms with E-state index < -0.39 is 0 Å². The van der Waals surface area contributed by atoms with Crippen LogP contribution in [0.2, 0.25) is 0 Å². The number of ether oxygens (including phenoxy) is 2. The molecule has 1 saturated carbocycles. The summed E-state index contributed by atoms with van der Waals surface area (Å²) in [5, 5.41) is 0. The summed E-state index contributed by atoms with van der Waals surface area (Å²) in [6, 6.07) is 17.1. The van der Waals surface area contributed by atoms with E-state index in [0.29, 0.717) is 19.0 Å². The van der Waals surface area contributed by atoms with Gasteiger partial charge in [-0.3, -0.25) is 4.79 Å². The third-order valence-corrected chi connectivity index (χ3v) is 7.81. The number of nitrogens with zero attached hydrogens (tertiary/aromatic N) is 4. The zero-order valence-electron chi connectivity index (χ0n) is 22.9. The van der Waals surface area contributed by atoms with Gasteiger partial charge in [-0.1, -0.05) is 30.3 Å². The zero-order chi connectivity index (χ0) is 26.5. The lowest BCUT2D eigenvalue weighted by Crippen LogP contribution is -2.56. The molecule has 2 aliphatic rings. The number of anilines is 1. The van der Waals surface area contributed by atoms with Crippen molar-refractivity contribution < 1.29 is 14.3 Å². The van der Waals surface area contributed by atoms with Gasteiger partial charge in [0.1, 0.15) is 0 Å². The predicted molar refractivity (Wildman–Crippen MR) is 150 cm³/mol. The first-order valence-electron chi connectivity index (χ1n) is 14.0. The van der Waals surface area contributed by atoms with Crippen LogP contribution in [0.4, 0.5) is 5.69 Å². The van der Waals surface area contributed by atoms with Gasteiger partial charge in [-0.05, 0) is 63.6 Å². The maximum Gasteiger partial charge on any atom is 0.229 e. The van der Waals surface area contributed by atoms with Crippen molar-refractivity contribution in [2.24, 2.45) is 0 Å². The number of methoxy groups -OCH3 is 1. The summed E-state index contributed by atoms with van der Waals surface area (Å²) in [7, 11) is 1.70. The predicted octanol–water partition coefficient (Wildman–Crippen LogP) is 5.30. The van der Waals surface area contributed by atoms with Crippen LogP contribution in [0.5, 0.6) is 11.5 Å². The molecule has 2 fully saturated rings. The van der Waals surface area contributed by atoms with Crippen molar-refractivity contribution in [3.8, 4) is 11.5 Å². The highest BCUT2D eigenvalue weighted by molar-refractivity contribution is 5.79. The van der Waals surface area contributed by atoms with Crippen LogP contribution in [0, 0.1) is 0 Å². The number of imidazole rings is 1. The number of carbonyl (C=O) groups excluding carboxylic acids is 1. The van der Waals surface area contributed by atoms with Crippen LogP contribution in [-0.2, 0) is 17.6 Å². The number of rotatable bonds is 9. The lowest BCUT2D eigenvalue weighted by molar-refractivity contribution is -0.133. The van der Waals surface area contributed by atoms with E-state index in [1.54, 1.807) is 7.11 Å². The molecular formula is C31H40N4O3. The van der Waals surface area contributed by atoms with Gasteiger partial charge < -0.3 is 23.8 Å². The zero-order valence-corrected chi connectivity index (χ0v) is 22.9. The molecule has 0 spiro atoms. The van der Waals surface area contributed by atoms with Crippen molar-refractivity contribution >= 4 is 11.6 Å². The Morgan fingerprint density at radius 2 is 1.84 bits per heavy atom. The summed E-state index contributed by atoms with van der Waals surface area (Å²) >= 11 is 0. The fourth-order valence-electron chi connectivity index (χ4n) is 5.63. The van der Waals surface area contributed by atoms with Gasteiger partial charge >= 0.3 is 0 Å². The van der Waals surface area contributed by atoms with Crippen molar-refractivity contribution in [2.45, 2.75) is 70.6 Å². The highest BCUT2D eigenvalue weighted by atomic mass is 16.5. The molecule has 1 unspecified atom stereocenters. The molecule has 1 amide bonds. The van der Waals surface area contributed by atoms with Crippen LogP contribution in [0.1, 0.15) is 56.8 Å². The van der Waals surface area contributed by atoms with Crippen molar-refractivity contribution in [1.82, 2.24) is 14.5 Å². The average Bonchev–Trinajstić information content (AvgIpc) is 3.62. The molecule has 1 aromatic heterocycles. The number of piperazine rings is 1. The molecule has 1 saturated heterocycles. The Balaban J connectivity index is 1.34. The molecule has 1 aliphatic carbocycles. The first-order chi connectivity index (χ1) is 18.5. The van der Waals surface area contributed by atoms with Crippen LogP contribution in [0.15, 0.2) is 61.1 Å². The maximum atomic E-state index is 13.5. The summed E-state index contributed by atoms with van der Waals surface area (Å²) in [6.45, 7) is 6.44. The number of aromatic nitrogens is 2. The van der Waals surface area contributed by atoms with E-state index in [-0.39, 0.29) is 18.1 Å². The summed E-state index contributed by atoms with van der Waals surface area (Å²) in [4.78, 5) is 22.5. The fourth-order valence-corrected chi connectivity index (χ4v) is 5.63. The minimum absolute atomic E-state index is 0.0622. The third kappa shape index (κ3) is 6.14. The first-order valence-corrected chi connectivity index (χ1v) is 14.0. The molecule has 0 bridgehead atoms. The minimum atomic E-state index is 0.0622. The van der Waals surface area contributed by atoms with E-state index in [0.717, 1.165) is 55.2 Å². The molecule has 3 aromatic rings. The summed E-state index contributed by atoms with van der Waals surface area (Å²) in [6.07, 6.45) is 9.86. The molecule has 7 heteroatoms. The lowest BCUT2D eigenvalue weighted by Gasteiger charge is -2.43. The molecule has 7 nitrogen and oxygen atoms in total. The molecule has 5 rings (SSSR count). The number of hydrogen-bond acceptors (Lipinski definition) is 5. The van der Waals surface area contributed by atoms with Crippen LogP contribution >= 0.6 is 0 Å². The highest BCUT2D eigenvalue weighted by Crippen LogP contribution is 2.36. The Hall–Kier alpha value is -3.48. The molecule has 0 radical (unpaired) electrons. The molecule has 1 atom stereocenters. The Labute approximate surface area is 226 Å². The summed E-state index contributed by atoms with van der Waals surface area (Å²) in [5.41, 5.74) is 3.18. The fraction of sp³-hybridized carbons (Fsp3) is 0.484. The SMILES string of the molecule is COc1ccc(N2CCN(C(=O)Cc3cn(C(C)C)cn3)C(Cc3ccccc3)C2)cc1OC1CCCC1. The van der Waals surface area contributed by atoms with Gasteiger partial charge in [-0.25, -0.2) is 4.98 Å². The van der Waals surface area contributed by atoms with Crippen molar-refractivity contribution in [3.63, 3.8) is 0 Å². The Kier molecular flexibility index (Phi) is 8.20. The highest BCUT2D eigenvalue weighted by Gasteiger charge is 2.31. The Morgan fingerprint density at radius 3 is 2.55 bits per heavy atom. The Bertz CT molecular complexity index is 1200. The largest absolute Gasteiger partial charge is 0.493 e. The van der Waals surface area contributed by atoms with Crippen LogP contribution in [-0.4, -0.2) is 59.2 Å². The average molecular weight is 517 g/mol. The van der Waals surface area contributed by atoms with E-state index >= 15 is 0 Å². The lowest BCUT2D eigenvalue weighted by atomic mass is 10.0. The van der Waals surface area contributed by atoms with E-state index in [4.69, 9.17) is 9.47 Å². The number of amides is 1. The standard InChI is InChI=1S/C31H40N4O3/c1-23(2)34-20-25(32-22-34)18-31(36)35-16-15-33(21-27(35)17-24-9-5-4-6-10-24)26-13-14-29(37-3)30(19-26)38-28-11-7-8-12-28/h4-6,9-10,13-14,19-20,22-23,27-28H,7-8,11-12,15-18,21H2,1-3H3. The maximum absolute atomic E-state index is 13.5. The quantitative estimate of drug-likeness (QED) is 0.386. The Morgan fingerprint density at radius 1 is 1.05 bits per heavy atom. The van der Waals surface area contributed by atoms with Gasteiger partial charge in [-0.15, -0.1) is 0 Å². The van der Waals surface area contributed by atoms with E-state index in [9.17, 15) is 4.79 Å². The second kappa shape index (κ2) is 11.9. The van der Waals surface area contributed by atoms with Crippen LogP contribution in [0.25, 0.3) is 0 Å². The number of benzene rings is 2. The topological polar surface area (TPSA) is 59.8 Å². The first kappa shape index (κ1) is 26.1. The van der Waals surface area contributed by atoms with Gasteiger partial charge in [0.15, 0.2) is 11.5 Å². The molecule has 0 N–H and O–H groups in total. The van der Waals surface area contributed by atoms with Gasteiger partial charge in [0, 0.05) is 43.6 Å². The molecule has 2 aromatic carbocycles. The van der Waals surface area contributed by atoms with Gasteiger partial charge in [0.25, 0.3) is 0 Å². The molecule has 38 heavy (non-hydrogen) atoms. The molecule has 202 valence electrons. The van der Waals surface area contributed by atoms with Gasteiger partial charge in [0.2, 0.25) is 5.91 Å². The second-order valence-corrected chi connectivity index (χ2v) is 10.8. The van der Waals surface area contributed by atoms with Gasteiger partial charge in [-0.2, -0.15) is 0 Å². The second-order valence-electron chi connectivity index (χ2n) is 10.8. The van der Waals surface area contributed by atoms with Crippen molar-refractivity contribution in [3.05, 3.63) is 72.3 Å². The number of carbonyl (C=O) groups is 1. The van der Waals surface area contributed by atoms with E-state index in [1.165, 1.54) is 18.4 Å². The van der Waals surface area contributed by atoms with Crippen molar-refractivity contribution in [1.29, 1.82) is 0 Å². The smallest absolute Gasteiger partial charge is 0.229 e. The van der Waals surface area contributed by atoms with Crippen LogP contribution < -0.4 is 14.4 Å². The van der Waals surface area contributed by atoms with Gasteiger partial charge in [0.05, 0.1) is 37.7 Å². The minimum Gasteiger partial charge on any atom is -0.493 e. The number of hydrogen-bond donors (Lipinski definition) is 0. The van der Waals surface area contributed by atoms with E-state index in [1.807, 2.05) is 24.7 Å². The molecule has 1 aliphatic heterocycles. The third-order valence-electron chi connectivity index (χ3n) is 7.81. The monoisotopic (exact) mass is 516 g/mol. The van der Waals surface area contributed by atoms with E-state index in [2.05, 4.69) is 69.6 Å². The van der Waals surface area contributed by atoms with Crippen LogP contribution in [0.3, 0.4) is 0 Å². The normalized spacial score (nSPS) is 18.3. The summed E-state index contributed by atoms with van der Waals surface area (Å²) < 4.78 is 14.0. The van der Waals surface area contributed by atoms with Crippen molar-refractivity contribution in [2.75, 3.05) is 31.6 Å². The molecule has 2 heterocycles. The summed E-state index contributed by atoms with van der Waals surface area (Å²) in [5.74, 6) is 1.73. The molecular weight excluding hydrogens is 476 g/mol.